The standard InChI is InChI=1S/C18H31N5O.HI/c1-15(23-11-9-22(3)10-12-23)13-20-18(19-2)21-14-16-5-7-17(24-4)8-6-16;/h5-8,15H,9-14H2,1-4H3,(H2,19,20,21);1H. The Labute approximate surface area is 169 Å². The van der Waals surface area contributed by atoms with Gasteiger partial charge in [0.15, 0.2) is 5.96 Å². The Bertz CT molecular complexity index is 515. The monoisotopic (exact) mass is 461 g/mol. The van der Waals surface area contributed by atoms with Crippen molar-refractivity contribution in [2.75, 3.05) is 53.9 Å². The van der Waals surface area contributed by atoms with Gasteiger partial charge in [0.05, 0.1) is 7.11 Å². The van der Waals surface area contributed by atoms with E-state index in [2.05, 4.69) is 51.5 Å². The summed E-state index contributed by atoms with van der Waals surface area (Å²) in [5.74, 6) is 1.72. The second-order valence-corrected chi connectivity index (χ2v) is 6.34. The lowest BCUT2D eigenvalue weighted by molar-refractivity contribution is 0.120. The molecule has 1 heterocycles. The van der Waals surface area contributed by atoms with Gasteiger partial charge in [-0.2, -0.15) is 0 Å². The van der Waals surface area contributed by atoms with Crippen LogP contribution in [0.15, 0.2) is 29.3 Å². The van der Waals surface area contributed by atoms with Crippen molar-refractivity contribution < 1.29 is 4.74 Å². The quantitative estimate of drug-likeness (QED) is 0.383. The molecule has 1 aromatic rings. The summed E-state index contributed by atoms with van der Waals surface area (Å²) < 4.78 is 5.18. The van der Waals surface area contributed by atoms with Crippen molar-refractivity contribution in [3.8, 4) is 5.75 Å². The molecule has 25 heavy (non-hydrogen) atoms. The highest BCUT2D eigenvalue weighted by molar-refractivity contribution is 14.0. The van der Waals surface area contributed by atoms with Gasteiger partial charge in [0.1, 0.15) is 5.75 Å². The molecule has 7 heteroatoms. The Morgan fingerprint density at radius 1 is 1.16 bits per heavy atom. The highest BCUT2D eigenvalue weighted by atomic mass is 127. The van der Waals surface area contributed by atoms with Crippen LogP contribution in [0.4, 0.5) is 0 Å². The number of halogens is 1. The number of guanidine groups is 1. The Kier molecular flexibility index (Phi) is 10.1. The maximum atomic E-state index is 5.18. The Morgan fingerprint density at radius 2 is 1.80 bits per heavy atom. The smallest absolute Gasteiger partial charge is 0.191 e. The molecule has 1 fully saturated rings. The minimum Gasteiger partial charge on any atom is -0.497 e. The first-order valence-electron chi connectivity index (χ1n) is 8.62. The van der Waals surface area contributed by atoms with Gasteiger partial charge in [0.25, 0.3) is 0 Å². The van der Waals surface area contributed by atoms with Crippen LogP contribution in [0.1, 0.15) is 12.5 Å². The molecule has 142 valence electrons. The molecule has 2 rings (SSSR count). The van der Waals surface area contributed by atoms with Gasteiger partial charge in [-0.3, -0.25) is 9.89 Å². The number of hydrogen-bond donors (Lipinski definition) is 2. The third-order valence-corrected chi connectivity index (χ3v) is 4.57. The highest BCUT2D eigenvalue weighted by Gasteiger charge is 2.18. The largest absolute Gasteiger partial charge is 0.497 e. The van der Waals surface area contributed by atoms with Crippen LogP contribution in [-0.2, 0) is 6.54 Å². The number of rotatable bonds is 6. The molecule has 0 spiro atoms. The molecule has 0 radical (unpaired) electrons. The molecule has 0 aliphatic carbocycles. The van der Waals surface area contributed by atoms with E-state index in [4.69, 9.17) is 4.74 Å². The van der Waals surface area contributed by atoms with Crippen LogP contribution in [0.5, 0.6) is 5.75 Å². The molecule has 1 unspecified atom stereocenters. The summed E-state index contributed by atoms with van der Waals surface area (Å²) in [5.41, 5.74) is 1.20. The summed E-state index contributed by atoms with van der Waals surface area (Å²) in [6.45, 7) is 8.48. The number of piperazine rings is 1. The number of likely N-dealkylation sites (N-methyl/N-ethyl adjacent to an activating group) is 1. The van der Waals surface area contributed by atoms with Gasteiger partial charge in [-0.1, -0.05) is 12.1 Å². The van der Waals surface area contributed by atoms with Crippen LogP contribution in [0.2, 0.25) is 0 Å². The van der Waals surface area contributed by atoms with Crippen molar-refractivity contribution >= 4 is 29.9 Å². The fourth-order valence-corrected chi connectivity index (χ4v) is 2.79. The van der Waals surface area contributed by atoms with E-state index in [1.54, 1.807) is 7.11 Å². The van der Waals surface area contributed by atoms with Gasteiger partial charge in [0, 0.05) is 52.4 Å². The van der Waals surface area contributed by atoms with Crippen LogP contribution >= 0.6 is 24.0 Å². The van der Waals surface area contributed by atoms with Gasteiger partial charge in [-0.15, -0.1) is 24.0 Å². The first-order valence-corrected chi connectivity index (χ1v) is 8.62. The number of nitrogens with one attached hydrogen (secondary N) is 2. The number of hydrogen-bond acceptors (Lipinski definition) is 4. The Hall–Kier alpha value is -1.06. The highest BCUT2D eigenvalue weighted by Crippen LogP contribution is 2.10. The zero-order valence-corrected chi connectivity index (χ0v) is 18.1. The molecular weight excluding hydrogens is 429 g/mol. The molecule has 0 amide bonds. The van der Waals surface area contributed by atoms with E-state index in [1.807, 2.05) is 19.2 Å². The molecule has 6 nitrogen and oxygen atoms in total. The van der Waals surface area contributed by atoms with Crippen molar-refractivity contribution in [2.24, 2.45) is 4.99 Å². The topological polar surface area (TPSA) is 52.1 Å². The van der Waals surface area contributed by atoms with Crippen molar-refractivity contribution in [2.45, 2.75) is 19.5 Å². The fraction of sp³-hybridized carbons (Fsp3) is 0.611. The average Bonchev–Trinajstić information content (AvgIpc) is 2.62. The van der Waals surface area contributed by atoms with Crippen molar-refractivity contribution in [1.82, 2.24) is 20.4 Å². The first-order chi connectivity index (χ1) is 11.6. The van der Waals surface area contributed by atoms with Gasteiger partial charge < -0.3 is 20.3 Å². The lowest BCUT2D eigenvalue weighted by atomic mass is 10.2. The maximum absolute atomic E-state index is 5.18. The van der Waals surface area contributed by atoms with E-state index in [9.17, 15) is 0 Å². The van der Waals surface area contributed by atoms with Crippen molar-refractivity contribution in [3.05, 3.63) is 29.8 Å². The number of ether oxygens (including phenoxy) is 1. The molecule has 2 N–H and O–H groups in total. The van der Waals surface area contributed by atoms with Crippen LogP contribution < -0.4 is 15.4 Å². The van der Waals surface area contributed by atoms with E-state index in [0.717, 1.165) is 51.0 Å². The van der Waals surface area contributed by atoms with Crippen LogP contribution in [-0.4, -0.2) is 75.7 Å². The summed E-state index contributed by atoms with van der Waals surface area (Å²) in [4.78, 5) is 9.22. The van der Waals surface area contributed by atoms with Gasteiger partial charge in [-0.25, -0.2) is 0 Å². The summed E-state index contributed by atoms with van der Waals surface area (Å²) in [6, 6.07) is 8.57. The molecule has 1 aliphatic heterocycles. The summed E-state index contributed by atoms with van der Waals surface area (Å²) in [5, 5.41) is 6.79. The van der Waals surface area contributed by atoms with Crippen LogP contribution in [0, 0.1) is 0 Å². The predicted octanol–water partition coefficient (Wildman–Crippen LogP) is 1.61. The molecule has 1 atom stereocenters. The number of aliphatic imine (C=N–C) groups is 1. The minimum atomic E-state index is 0. The third-order valence-electron chi connectivity index (χ3n) is 4.57. The molecule has 1 saturated heterocycles. The zero-order valence-electron chi connectivity index (χ0n) is 15.8. The van der Waals surface area contributed by atoms with E-state index >= 15 is 0 Å². The lowest BCUT2D eigenvalue weighted by Crippen LogP contribution is -2.52. The molecular formula is C18H32IN5O. The maximum Gasteiger partial charge on any atom is 0.191 e. The molecule has 0 aromatic heterocycles. The average molecular weight is 461 g/mol. The van der Waals surface area contributed by atoms with Crippen molar-refractivity contribution in [3.63, 3.8) is 0 Å². The SMILES string of the molecule is CN=C(NCc1ccc(OC)cc1)NCC(C)N1CCN(C)CC1.I. The fourth-order valence-electron chi connectivity index (χ4n) is 2.79. The van der Waals surface area contributed by atoms with Crippen LogP contribution in [0.25, 0.3) is 0 Å². The third kappa shape index (κ3) is 7.37. The van der Waals surface area contributed by atoms with E-state index in [1.165, 1.54) is 5.56 Å². The second-order valence-electron chi connectivity index (χ2n) is 6.34. The van der Waals surface area contributed by atoms with Gasteiger partial charge >= 0.3 is 0 Å². The number of methoxy groups -OCH3 is 1. The number of benzene rings is 1. The second kappa shape index (κ2) is 11.5. The zero-order chi connectivity index (χ0) is 17.4. The first kappa shape index (κ1) is 22.0. The van der Waals surface area contributed by atoms with Crippen molar-refractivity contribution in [1.29, 1.82) is 0 Å². The van der Waals surface area contributed by atoms with Gasteiger partial charge in [0.2, 0.25) is 0 Å². The molecule has 1 aliphatic rings. The minimum absolute atomic E-state index is 0. The van der Waals surface area contributed by atoms with Gasteiger partial charge in [-0.05, 0) is 31.7 Å². The van der Waals surface area contributed by atoms with E-state index in [-0.39, 0.29) is 24.0 Å². The molecule has 0 saturated carbocycles. The molecule has 1 aromatic carbocycles. The van der Waals surface area contributed by atoms with E-state index < -0.39 is 0 Å². The predicted molar refractivity (Wildman–Crippen MR) is 115 cm³/mol. The van der Waals surface area contributed by atoms with E-state index in [0.29, 0.717) is 6.04 Å². The summed E-state index contributed by atoms with van der Waals surface area (Å²) in [6.07, 6.45) is 0. The lowest BCUT2D eigenvalue weighted by Gasteiger charge is -2.36. The molecule has 0 bridgehead atoms. The normalized spacial score (nSPS) is 17.5. The van der Waals surface area contributed by atoms with Crippen LogP contribution in [0.3, 0.4) is 0 Å². The summed E-state index contributed by atoms with van der Waals surface area (Å²) in [7, 11) is 5.68. The Balaban J connectivity index is 0.00000312. The Morgan fingerprint density at radius 3 is 2.36 bits per heavy atom. The number of nitrogens with zero attached hydrogens (tertiary/aromatic N) is 3. The summed E-state index contributed by atoms with van der Waals surface area (Å²) >= 11 is 0.